The molecule has 1 aliphatic rings. The van der Waals surface area contributed by atoms with Gasteiger partial charge in [-0.2, -0.15) is 5.26 Å². The zero-order valence-electron chi connectivity index (χ0n) is 17.9. The zero-order chi connectivity index (χ0) is 22.9. The number of rotatable bonds is 5. The van der Waals surface area contributed by atoms with Crippen molar-refractivity contribution in [3.05, 3.63) is 59.7 Å². The van der Waals surface area contributed by atoms with Gasteiger partial charge >= 0.3 is 0 Å². The highest BCUT2D eigenvalue weighted by molar-refractivity contribution is 6.05. The summed E-state index contributed by atoms with van der Waals surface area (Å²) in [4.78, 5) is 21.8. The quantitative estimate of drug-likeness (QED) is 0.499. The molecule has 164 valence electrons. The van der Waals surface area contributed by atoms with E-state index in [-0.39, 0.29) is 17.1 Å². The molecule has 1 aliphatic heterocycles. The molecule has 1 N–H and O–H groups in total. The summed E-state index contributed by atoms with van der Waals surface area (Å²) in [5.41, 5.74) is 1.06. The first-order chi connectivity index (χ1) is 16.1. The first kappa shape index (κ1) is 20.3. The maximum absolute atomic E-state index is 13.0. The van der Waals surface area contributed by atoms with E-state index in [4.69, 9.17) is 10.00 Å². The summed E-state index contributed by atoms with van der Waals surface area (Å²) in [5.74, 6) is 2.05. The minimum Gasteiger partial charge on any atom is -0.479 e. The Labute approximate surface area is 188 Å². The molecule has 0 saturated carbocycles. The number of nitriles is 1. The van der Waals surface area contributed by atoms with Crippen molar-refractivity contribution in [3.8, 4) is 29.3 Å². The Morgan fingerprint density at radius 1 is 1.21 bits per heavy atom. The molecule has 0 unspecified atom stereocenters. The molecule has 0 saturated heterocycles. The maximum Gasteiger partial charge on any atom is 0.263 e. The van der Waals surface area contributed by atoms with E-state index in [0.29, 0.717) is 29.2 Å². The van der Waals surface area contributed by atoms with E-state index >= 15 is 0 Å². The van der Waals surface area contributed by atoms with Crippen molar-refractivity contribution < 1.29 is 9.53 Å². The van der Waals surface area contributed by atoms with Gasteiger partial charge in [0.2, 0.25) is 5.88 Å². The molecule has 0 aromatic carbocycles. The third-order valence-electron chi connectivity index (χ3n) is 5.41. The normalized spacial score (nSPS) is 14.5. The summed E-state index contributed by atoms with van der Waals surface area (Å²) < 4.78 is 8.76. The third kappa shape index (κ3) is 3.67. The lowest BCUT2D eigenvalue weighted by Gasteiger charge is -2.10. The van der Waals surface area contributed by atoms with E-state index in [1.54, 1.807) is 30.3 Å². The third-order valence-corrected chi connectivity index (χ3v) is 5.41. The highest BCUT2D eigenvalue weighted by Gasteiger charge is 2.25. The van der Waals surface area contributed by atoms with Gasteiger partial charge in [-0.25, -0.2) is 14.6 Å². The Balaban J connectivity index is 1.42. The van der Waals surface area contributed by atoms with Crippen molar-refractivity contribution in [2.24, 2.45) is 0 Å². The average Bonchev–Trinajstić information content (AvgIpc) is 3.55. The Bertz CT molecular complexity index is 1400. The fraction of sp³-hybridized carbons (Fsp3) is 0.227. The number of pyridine rings is 2. The fourth-order valence-corrected chi connectivity index (χ4v) is 3.81. The molecule has 1 amide bonds. The number of nitrogens with zero attached hydrogens (tertiary/aromatic N) is 8. The average molecular weight is 441 g/mol. The van der Waals surface area contributed by atoms with Crippen LogP contribution >= 0.6 is 0 Å². The van der Waals surface area contributed by atoms with Crippen LogP contribution in [0.1, 0.15) is 41.3 Å². The van der Waals surface area contributed by atoms with Gasteiger partial charge < -0.3 is 14.6 Å². The molecule has 0 aliphatic carbocycles. The first-order valence-electron chi connectivity index (χ1n) is 10.3. The lowest BCUT2D eigenvalue weighted by Crippen LogP contribution is -2.14. The molecule has 5 rings (SSSR count). The molecule has 0 radical (unpaired) electrons. The second kappa shape index (κ2) is 8.16. The number of hydrogen-bond acceptors (Lipinski definition) is 8. The van der Waals surface area contributed by atoms with Crippen LogP contribution in [0.2, 0.25) is 0 Å². The molecule has 4 aromatic heterocycles. The molecular formula is C22H19N9O2. The lowest BCUT2D eigenvalue weighted by molar-refractivity contribution is 0.102. The molecule has 4 aromatic rings. The van der Waals surface area contributed by atoms with Crippen molar-refractivity contribution >= 4 is 11.7 Å². The number of aryl methyl sites for hydroxylation is 1. The second-order valence-electron chi connectivity index (χ2n) is 7.55. The van der Waals surface area contributed by atoms with Gasteiger partial charge in [0.05, 0.1) is 7.11 Å². The summed E-state index contributed by atoms with van der Waals surface area (Å²) >= 11 is 0. The van der Waals surface area contributed by atoms with Crippen LogP contribution in [0.25, 0.3) is 17.3 Å². The van der Waals surface area contributed by atoms with Crippen LogP contribution in [0.3, 0.4) is 0 Å². The van der Waals surface area contributed by atoms with Crippen LogP contribution in [0.5, 0.6) is 5.88 Å². The molecule has 11 nitrogen and oxygen atoms in total. The minimum absolute atomic E-state index is 0.122. The van der Waals surface area contributed by atoms with Crippen molar-refractivity contribution in [1.82, 2.24) is 34.5 Å². The summed E-state index contributed by atoms with van der Waals surface area (Å²) in [5, 5.41) is 24.7. The molecule has 1 atom stereocenters. The van der Waals surface area contributed by atoms with E-state index in [1.807, 2.05) is 12.1 Å². The number of ether oxygens (including phenoxy) is 1. The smallest absolute Gasteiger partial charge is 0.263 e. The van der Waals surface area contributed by atoms with Crippen LogP contribution < -0.4 is 10.1 Å². The number of hydrogen-bond donors (Lipinski definition) is 1. The maximum atomic E-state index is 13.0. The van der Waals surface area contributed by atoms with Gasteiger partial charge in [0.1, 0.15) is 34.7 Å². The minimum atomic E-state index is -0.445. The zero-order valence-corrected chi connectivity index (χ0v) is 17.9. The molecule has 5 heterocycles. The van der Waals surface area contributed by atoms with E-state index in [0.717, 1.165) is 18.7 Å². The predicted molar refractivity (Wildman–Crippen MR) is 117 cm³/mol. The van der Waals surface area contributed by atoms with Crippen molar-refractivity contribution in [2.45, 2.75) is 25.8 Å². The molecule has 0 bridgehead atoms. The number of anilines is 1. The van der Waals surface area contributed by atoms with Crippen LogP contribution in [0, 0.1) is 11.3 Å². The Kier molecular flexibility index (Phi) is 5.02. The van der Waals surface area contributed by atoms with Gasteiger partial charge in [-0.15, -0.1) is 15.3 Å². The summed E-state index contributed by atoms with van der Waals surface area (Å²) in [6, 6.07) is 12.6. The Hall–Kier alpha value is -4.59. The van der Waals surface area contributed by atoms with E-state index in [1.165, 1.54) is 18.0 Å². The van der Waals surface area contributed by atoms with E-state index in [2.05, 4.69) is 42.1 Å². The molecular weight excluding hydrogens is 422 g/mol. The number of fused-ring (bicyclic) bond motifs is 1. The van der Waals surface area contributed by atoms with E-state index in [9.17, 15) is 4.79 Å². The molecule has 0 fully saturated rings. The lowest BCUT2D eigenvalue weighted by atomic mass is 10.2. The highest BCUT2D eigenvalue weighted by Crippen LogP contribution is 2.30. The van der Waals surface area contributed by atoms with Crippen LogP contribution in [-0.4, -0.2) is 47.5 Å². The van der Waals surface area contributed by atoms with Crippen LogP contribution in [0.4, 0.5) is 5.82 Å². The molecule has 33 heavy (non-hydrogen) atoms. The van der Waals surface area contributed by atoms with Gasteiger partial charge in [0.25, 0.3) is 5.91 Å². The van der Waals surface area contributed by atoms with Gasteiger partial charge in [-0.1, -0.05) is 12.1 Å². The molecule has 0 spiro atoms. The predicted octanol–water partition coefficient (Wildman–Crippen LogP) is 2.56. The van der Waals surface area contributed by atoms with Gasteiger partial charge in [0.15, 0.2) is 11.6 Å². The highest BCUT2D eigenvalue weighted by atomic mass is 16.5. The first-order valence-corrected chi connectivity index (χ1v) is 10.3. The van der Waals surface area contributed by atoms with Crippen molar-refractivity contribution in [1.29, 1.82) is 5.26 Å². The topological polar surface area (TPSA) is 136 Å². The van der Waals surface area contributed by atoms with Crippen LogP contribution in [-0.2, 0) is 6.42 Å². The number of nitrogens with one attached hydrogen (secondary N) is 1. The number of amides is 1. The second-order valence-corrected chi connectivity index (χ2v) is 7.55. The van der Waals surface area contributed by atoms with E-state index < -0.39 is 5.91 Å². The number of methoxy groups -OCH3 is 1. The number of carbonyl (C=O) groups is 1. The summed E-state index contributed by atoms with van der Waals surface area (Å²) in [6.07, 6.45) is 3.40. The Morgan fingerprint density at radius 3 is 2.88 bits per heavy atom. The fourth-order valence-electron chi connectivity index (χ4n) is 3.81. The van der Waals surface area contributed by atoms with Gasteiger partial charge in [0, 0.05) is 18.7 Å². The SMILES string of the molecule is COc1nn(-c2cccc(C#N)n2)cc1C(=O)Nc1cccc(-c2nnc3n2[C@@H](C)CC3)n1. The number of aromatic nitrogens is 7. The Morgan fingerprint density at radius 2 is 2.06 bits per heavy atom. The summed E-state index contributed by atoms with van der Waals surface area (Å²) in [6.45, 7) is 2.13. The van der Waals surface area contributed by atoms with Crippen LogP contribution in [0.15, 0.2) is 42.6 Å². The number of carbonyl (C=O) groups excluding carboxylic acids is 1. The monoisotopic (exact) mass is 441 g/mol. The molecule has 11 heteroatoms. The standard InChI is InChI=1S/C22H19N9O2/c1-13-9-10-19-27-28-20(31(13)19)16-6-4-7-17(25-16)26-21(32)15-12-30(29-22(15)33-2)18-8-3-5-14(11-23)24-18/h3-8,12-13H,9-10H2,1-2H3,(H,25,26,32)/t13-/m0/s1. The van der Waals surface area contributed by atoms with Gasteiger partial charge in [-0.05, 0) is 37.6 Å². The summed E-state index contributed by atoms with van der Waals surface area (Å²) in [7, 11) is 1.43. The van der Waals surface area contributed by atoms with Crippen molar-refractivity contribution in [2.75, 3.05) is 12.4 Å². The van der Waals surface area contributed by atoms with Crippen molar-refractivity contribution in [3.63, 3.8) is 0 Å². The largest absolute Gasteiger partial charge is 0.479 e. The van der Waals surface area contributed by atoms with Gasteiger partial charge in [-0.3, -0.25) is 4.79 Å².